The van der Waals surface area contributed by atoms with Gasteiger partial charge in [0.05, 0.1) is 11.0 Å². The van der Waals surface area contributed by atoms with Crippen LogP contribution in [0.4, 0.5) is 0 Å². The van der Waals surface area contributed by atoms with E-state index in [1.165, 1.54) is 0 Å². The molecule has 3 aromatic carbocycles. The Kier molecular flexibility index (Phi) is 5.26. The number of carbonyl (C=O) groups is 2. The molecule has 0 aliphatic rings. The first-order chi connectivity index (χ1) is 16.1. The number of benzene rings is 3. The van der Waals surface area contributed by atoms with Crippen molar-refractivity contribution in [2.45, 2.75) is 19.9 Å². The van der Waals surface area contributed by atoms with E-state index < -0.39 is 5.97 Å². The van der Waals surface area contributed by atoms with Gasteiger partial charge >= 0.3 is 5.97 Å². The first-order valence-electron chi connectivity index (χ1n) is 10.9. The maximum atomic E-state index is 12.8. The molecule has 0 amide bonds. The summed E-state index contributed by atoms with van der Waals surface area (Å²) in [6.45, 7) is 1.60. The number of carbonyl (C=O) groups excluding carboxylic acids is 2. The fourth-order valence-electron chi connectivity index (χ4n) is 4.39. The summed E-state index contributed by atoms with van der Waals surface area (Å²) in [5.41, 5.74) is 3.78. The van der Waals surface area contributed by atoms with Crippen LogP contribution in [-0.2, 0) is 22.5 Å². The average Bonchev–Trinajstić information content (AvgIpc) is 3.29. The third-order valence-corrected chi connectivity index (χ3v) is 6.01. The quantitative estimate of drug-likeness (QED) is 0.238. The van der Waals surface area contributed by atoms with Crippen LogP contribution in [0.15, 0.2) is 77.7 Å². The fourth-order valence-corrected chi connectivity index (χ4v) is 4.39. The van der Waals surface area contributed by atoms with Gasteiger partial charge in [0, 0.05) is 33.4 Å². The zero-order chi connectivity index (χ0) is 22.9. The van der Waals surface area contributed by atoms with Crippen molar-refractivity contribution in [1.29, 1.82) is 0 Å². The maximum Gasteiger partial charge on any atom is 0.326 e. The molecule has 2 aromatic heterocycles. The van der Waals surface area contributed by atoms with E-state index in [9.17, 15) is 14.4 Å². The minimum Gasteiger partial charge on any atom is -0.456 e. The highest BCUT2D eigenvalue weighted by Gasteiger charge is 2.17. The molecule has 0 aliphatic carbocycles. The van der Waals surface area contributed by atoms with Gasteiger partial charge in [0.15, 0.2) is 12.0 Å². The summed E-state index contributed by atoms with van der Waals surface area (Å²) < 4.78 is 7.13. The van der Waals surface area contributed by atoms with Crippen LogP contribution in [0.25, 0.3) is 32.7 Å². The van der Waals surface area contributed by atoms with Crippen LogP contribution >= 0.6 is 0 Å². The maximum absolute atomic E-state index is 12.8. The summed E-state index contributed by atoms with van der Waals surface area (Å²) in [5, 5.41) is 1.89. The predicted octanol–water partition coefficient (Wildman–Crippen LogP) is 4.62. The summed E-state index contributed by atoms with van der Waals surface area (Å²) in [6, 6.07) is 20.2. The van der Waals surface area contributed by atoms with Gasteiger partial charge in [-0.1, -0.05) is 49.4 Å². The van der Waals surface area contributed by atoms with Crippen molar-refractivity contribution >= 4 is 44.5 Å². The number of Topliss-reactive ketones (excluding diaryl/α,β-unsaturated/α-hetero) is 1. The Labute approximate surface area is 189 Å². The minimum atomic E-state index is -0.545. The predicted molar refractivity (Wildman–Crippen MR) is 129 cm³/mol. The molecule has 0 unspecified atom stereocenters. The highest BCUT2D eigenvalue weighted by Crippen LogP contribution is 2.23. The van der Waals surface area contributed by atoms with E-state index in [-0.39, 0.29) is 24.4 Å². The molecule has 5 rings (SSSR count). The number of nitrogens with zero attached hydrogens (tertiary/aromatic N) is 1. The first kappa shape index (κ1) is 20.7. The smallest absolute Gasteiger partial charge is 0.326 e. The number of aromatic nitrogens is 2. The van der Waals surface area contributed by atoms with Crippen LogP contribution in [0.3, 0.4) is 0 Å². The Morgan fingerprint density at radius 1 is 0.879 bits per heavy atom. The number of esters is 1. The van der Waals surface area contributed by atoms with Crippen LogP contribution in [-0.4, -0.2) is 27.9 Å². The molecule has 0 saturated heterocycles. The van der Waals surface area contributed by atoms with E-state index in [1.54, 1.807) is 47.2 Å². The van der Waals surface area contributed by atoms with Gasteiger partial charge in [0.2, 0.25) is 5.78 Å². The number of hydrogen-bond donors (Lipinski definition) is 1. The molecule has 0 aliphatic heterocycles. The van der Waals surface area contributed by atoms with Crippen molar-refractivity contribution < 1.29 is 14.3 Å². The first-order valence-corrected chi connectivity index (χ1v) is 10.9. The van der Waals surface area contributed by atoms with Gasteiger partial charge in [-0.25, -0.2) is 0 Å². The number of para-hydroxylation sites is 3. The number of rotatable bonds is 6. The number of aryl methyl sites for hydroxylation is 1. The Bertz CT molecular complexity index is 1530. The third-order valence-electron chi connectivity index (χ3n) is 6.01. The number of pyridine rings is 1. The molecule has 6 nitrogen and oxygen atoms in total. The van der Waals surface area contributed by atoms with Crippen LogP contribution in [0.5, 0.6) is 0 Å². The fraction of sp³-hybridized carbons (Fsp3) is 0.148. The molecular formula is C27H22N2O4. The second kappa shape index (κ2) is 8.39. The van der Waals surface area contributed by atoms with Gasteiger partial charge < -0.3 is 14.3 Å². The van der Waals surface area contributed by atoms with Crippen molar-refractivity contribution in [2.75, 3.05) is 6.61 Å². The molecule has 0 fully saturated rings. The molecule has 5 aromatic rings. The van der Waals surface area contributed by atoms with E-state index in [1.807, 2.05) is 30.3 Å². The lowest BCUT2D eigenvalue weighted by atomic mass is 10.1. The molecule has 2 heterocycles. The van der Waals surface area contributed by atoms with E-state index in [0.717, 1.165) is 22.9 Å². The largest absolute Gasteiger partial charge is 0.456 e. The molecule has 0 saturated carbocycles. The molecule has 164 valence electrons. The standard InChI is InChI=1S/C27H22N2O4/c1-2-17-8-7-11-18-21(14-28-26(17)18)24(30)16-33-25(31)15-29-22-12-5-3-9-19(22)27(32)20-10-4-6-13-23(20)29/h3-14,28H,2,15-16H2,1H3. The monoisotopic (exact) mass is 438 g/mol. The normalized spacial score (nSPS) is 11.3. The number of fused-ring (bicyclic) bond motifs is 3. The lowest BCUT2D eigenvalue weighted by Crippen LogP contribution is -2.20. The Morgan fingerprint density at radius 3 is 2.18 bits per heavy atom. The Morgan fingerprint density at radius 2 is 1.52 bits per heavy atom. The zero-order valence-electron chi connectivity index (χ0n) is 18.1. The lowest BCUT2D eigenvalue weighted by molar-refractivity contribution is -0.143. The molecule has 0 bridgehead atoms. The lowest BCUT2D eigenvalue weighted by Gasteiger charge is -2.14. The zero-order valence-corrected chi connectivity index (χ0v) is 18.1. The number of ether oxygens (including phenoxy) is 1. The number of hydrogen-bond acceptors (Lipinski definition) is 4. The highest BCUT2D eigenvalue weighted by molar-refractivity contribution is 6.09. The second-order valence-electron chi connectivity index (χ2n) is 7.93. The van der Waals surface area contributed by atoms with Crippen LogP contribution in [0.1, 0.15) is 22.8 Å². The van der Waals surface area contributed by atoms with Gasteiger partial charge in [0.25, 0.3) is 0 Å². The van der Waals surface area contributed by atoms with Crippen molar-refractivity contribution in [3.8, 4) is 0 Å². The summed E-state index contributed by atoms with van der Waals surface area (Å²) in [5.74, 6) is -0.811. The SMILES string of the molecule is CCc1cccc2c(C(=O)COC(=O)Cn3c4ccccc4c(=O)c4ccccc43)c[nH]c12. The van der Waals surface area contributed by atoms with Crippen molar-refractivity contribution in [2.24, 2.45) is 0 Å². The number of aromatic amines is 1. The van der Waals surface area contributed by atoms with E-state index in [0.29, 0.717) is 27.4 Å². The minimum absolute atomic E-state index is 0.0771. The topological polar surface area (TPSA) is 81.2 Å². The molecule has 1 N–H and O–H groups in total. The van der Waals surface area contributed by atoms with Crippen LogP contribution < -0.4 is 5.43 Å². The molecule has 0 radical (unpaired) electrons. The summed E-state index contributed by atoms with van der Waals surface area (Å²) >= 11 is 0. The van der Waals surface area contributed by atoms with Gasteiger partial charge in [-0.3, -0.25) is 14.4 Å². The molecule has 0 atom stereocenters. The number of nitrogens with one attached hydrogen (secondary N) is 1. The van der Waals surface area contributed by atoms with Crippen molar-refractivity contribution in [3.63, 3.8) is 0 Å². The van der Waals surface area contributed by atoms with Crippen LogP contribution in [0, 0.1) is 0 Å². The van der Waals surface area contributed by atoms with Gasteiger partial charge in [0.1, 0.15) is 6.54 Å². The van der Waals surface area contributed by atoms with Crippen LogP contribution in [0.2, 0.25) is 0 Å². The highest BCUT2D eigenvalue weighted by atomic mass is 16.5. The number of H-pyrrole nitrogens is 1. The van der Waals surface area contributed by atoms with Crippen molar-refractivity contribution in [3.05, 3.63) is 94.3 Å². The second-order valence-corrected chi connectivity index (χ2v) is 7.93. The number of ketones is 1. The molecular weight excluding hydrogens is 416 g/mol. The van der Waals surface area contributed by atoms with E-state index in [4.69, 9.17) is 4.74 Å². The summed E-state index contributed by atoms with van der Waals surface area (Å²) in [7, 11) is 0. The van der Waals surface area contributed by atoms with E-state index >= 15 is 0 Å². The molecule has 33 heavy (non-hydrogen) atoms. The van der Waals surface area contributed by atoms with Gasteiger partial charge in [-0.2, -0.15) is 0 Å². The summed E-state index contributed by atoms with van der Waals surface area (Å²) in [4.78, 5) is 41.6. The Hall–Kier alpha value is -4.19. The van der Waals surface area contributed by atoms with Crippen molar-refractivity contribution in [1.82, 2.24) is 9.55 Å². The third kappa shape index (κ3) is 3.59. The Balaban J connectivity index is 1.41. The van der Waals surface area contributed by atoms with Gasteiger partial charge in [-0.05, 0) is 36.2 Å². The molecule has 0 spiro atoms. The average molecular weight is 438 g/mol. The molecule has 6 heteroatoms. The summed E-state index contributed by atoms with van der Waals surface area (Å²) in [6.07, 6.45) is 2.52. The van der Waals surface area contributed by atoms with Gasteiger partial charge in [-0.15, -0.1) is 0 Å². The van der Waals surface area contributed by atoms with E-state index in [2.05, 4.69) is 11.9 Å².